The number of piperazine rings is 2. The number of aromatic nitrogens is 4. The molecule has 16 heteroatoms. The van der Waals surface area contributed by atoms with Gasteiger partial charge in [0.05, 0.1) is 47.9 Å². The van der Waals surface area contributed by atoms with Gasteiger partial charge in [-0.3, -0.25) is 19.6 Å². The Morgan fingerprint density at radius 3 is 1.99 bits per heavy atom. The summed E-state index contributed by atoms with van der Waals surface area (Å²) in [6.45, 7) is 14.8. The van der Waals surface area contributed by atoms with Gasteiger partial charge in [0.2, 0.25) is 0 Å². The van der Waals surface area contributed by atoms with Crippen molar-refractivity contribution in [1.82, 2.24) is 39.9 Å². The highest BCUT2D eigenvalue weighted by molar-refractivity contribution is 7.18. The normalized spacial score (nSPS) is 18.5. The summed E-state index contributed by atoms with van der Waals surface area (Å²) in [5, 5.41) is 35.7. The molecule has 0 bridgehead atoms. The highest BCUT2D eigenvalue weighted by Gasteiger charge is 2.42. The van der Waals surface area contributed by atoms with Crippen molar-refractivity contribution in [2.24, 2.45) is 0 Å². The van der Waals surface area contributed by atoms with Crippen LogP contribution in [-0.2, 0) is 13.1 Å². The maximum atomic E-state index is 12.6. The molecule has 0 aliphatic carbocycles. The number of hydrogen-bond acceptors (Lipinski definition) is 16. The van der Waals surface area contributed by atoms with Crippen molar-refractivity contribution in [1.29, 1.82) is 0 Å². The van der Waals surface area contributed by atoms with E-state index < -0.39 is 24.4 Å². The lowest BCUT2D eigenvalue weighted by molar-refractivity contribution is -0.0956. The fourth-order valence-electron chi connectivity index (χ4n) is 9.66. The fraction of sp³-hybridized carbons (Fsp3) is 0.385. The SMILES string of the molecule is Cc1cc(CN2CCN(C(C(O)COc3ccc4sc(C)nc4c3)C(Oc3ccc4sc(C)nc4c3)[C@H](O)CN3CCN(Cc4cc(-c5ccc(-c6ccccc6)cc5)on4)[C@@H](C)C3)CC2)no1. The van der Waals surface area contributed by atoms with Crippen molar-refractivity contribution in [3.05, 3.63) is 130 Å². The zero-order valence-corrected chi connectivity index (χ0v) is 40.5. The summed E-state index contributed by atoms with van der Waals surface area (Å²) in [6, 6.07) is 34.0. The van der Waals surface area contributed by atoms with Crippen molar-refractivity contribution < 1.29 is 28.7 Å². The monoisotopic (exact) mass is 954 g/mol. The molecule has 4 aromatic carbocycles. The summed E-state index contributed by atoms with van der Waals surface area (Å²) in [7, 11) is 0. The van der Waals surface area contributed by atoms with Gasteiger partial charge in [-0.1, -0.05) is 64.9 Å². The third-order valence-electron chi connectivity index (χ3n) is 13.1. The van der Waals surface area contributed by atoms with Gasteiger partial charge in [0.1, 0.15) is 42.2 Å². The second kappa shape index (κ2) is 20.6. The van der Waals surface area contributed by atoms with Crippen LogP contribution < -0.4 is 9.47 Å². The lowest BCUT2D eigenvalue weighted by Gasteiger charge is -2.46. The summed E-state index contributed by atoms with van der Waals surface area (Å²) in [5.74, 6) is 2.74. The molecule has 68 heavy (non-hydrogen) atoms. The predicted molar refractivity (Wildman–Crippen MR) is 266 cm³/mol. The zero-order chi connectivity index (χ0) is 46.7. The van der Waals surface area contributed by atoms with E-state index in [4.69, 9.17) is 23.5 Å². The number of rotatable bonds is 17. The second-order valence-corrected chi connectivity index (χ2v) is 20.7. The first-order valence-electron chi connectivity index (χ1n) is 23.4. The molecule has 2 aliphatic rings. The molecule has 354 valence electrons. The molecule has 2 aliphatic heterocycles. The van der Waals surface area contributed by atoms with Crippen LogP contribution in [0.4, 0.5) is 0 Å². The van der Waals surface area contributed by atoms with Crippen LogP contribution in [0.5, 0.6) is 11.5 Å². The van der Waals surface area contributed by atoms with Crippen molar-refractivity contribution in [2.45, 2.75) is 71.2 Å². The van der Waals surface area contributed by atoms with E-state index in [1.54, 1.807) is 22.7 Å². The smallest absolute Gasteiger partial charge is 0.167 e. The van der Waals surface area contributed by atoms with Gasteiger partial charge in [0.15, 0.2) is 5.76 Å². The first kappa shape index (κ1) is 46.2. The third-order valence-corrected chi connectivity index (χ3v) is 15.0. The topological polar surface area (TPSA) is 150 Å². The Morgan fingerprint density at radius 1 is 0.662 bits per heavy atom. The second-order valence-electron chi connectivity index (χ2n) is 18.2. The minimum absolute atomic E-state index is 0.00686. The molecular formula is C52H58N8O6S2. The molecule has 0 spiro atoms. The summed E-state index contributed by atoms with van der Waals surface area (Å²) in [5.41, 5.74) is 6.79. The van der Waals surface area contributed by atoms with E-state index in [0.29, 0.717) is 44.2 Å². The number of thiazole rings is 2. The Morgan fingerprint density at radius 2 is 1.29 bits per heavy atom. The van der Waals surface area contributed by atoms with Crippen LogP contribution in [0, 0.1) is 20.8 Å². The summed E-state index contributed by atoms with van der Waals surface area (Å²) < 4.78 is 26.7. The van der Waals surface area contributed by atoms with E-state index in [1.807, 2.05) is 87.5 Å². The number of hydrogen-bond donors (Lipinski definition) is 2. The van der Waals surface area contributed by atoms with Crippen molar-refractivity contribution >= 4 is 43.1 Å². The first-order chi connectivity index (χ1) is 33.1. The van der Waals surface area contributed by atoms with Crippen LogP contribution in [0.2, 0.25) is 0 Å². The minimum atomic E-state index is -1.03. The van der Waals surface area contributed by atoms with Gasteiger partial charge in [-0.25, -0.2) is 9.97 Å². The standard InChI is InChI=1S/C52H58N8O6S2/c1-33-28-58(20-23-60(33)30-41-25-48(66-56-41)39-12-10-38(11-13-39)37-8-6-5-7-9-37)31-46(61)52(64-43-15-17-50-45(27-43)54-36(4)68-50)51(59-21-18-57(19-22-59)29-40-24-34(2)65-55-40)47(62)32-63-42-14-16-49-44(26-42)53-35(3)67-49/h5-17,24-27,33,46-47,51-52,61-62H,18-23,28-32H2,1-4H3/t33-,46+,47?,51?,52?/m0/s1. The Bertz CT molecular complexity index is 2910. The highest BCUT2D eigenvalue weighted by Crippen LogP contribution is 2.31. The Hall–Kier alpha value is -5.56. The zero-order valence-electron chi connectivity index (χ0n) is 38.9. The molecule has 10 rings (SSSR count). The number of nitrogens with zero attached hydrogens (tertiary/aromatic N) is 8. The number of ether oxygens (including phenoxy) is 2. The number of aryl methyl sites for hydroxylation is 3. The summed E-state index contributed by atoms with van der Waals surface area (Å²) >= 11 is 3.27. The molecule has 0 saturated carbocycles. The van der Waals surface area contributed by atoms with Gasteiger partial charge in [0.25, 0.3) is 0 Å². The van der Waals surface area contributed by atoms with Gasteiger partial charge >= 0.3 is 0 Å². The van der Waals surface area contributed by atoms with Crippen LogP contribution in [0.15, 0.2) is 112 Å². The van der Waals surface area contributed by atoms with Gasteiger partial charge in [-0.05, 0) is 63.1 Å². The average Bonchev–Trinajstić information content (AvgIpc) is 4.16. The lowest BCUT2D eigenvalue weighted by Crippen LogP contribution is -2.64. The third kappa shape index (κ3) is 10.8. The van der Waals surface area contributed by atoms with Crippen LogP contribution in [0.25, 0.3) is 42.9 Å². The Balaban J connectivity index is 0.855. The molecule has 4 aromatic heterocycles. The molecule has 8 aromatic rings. The number of aliphatic hydroxyl groups excluding tert-OH is 2. The molecule has 0 amide bonds. The van der Waals surface area contributed by atoms with E-state index in [9.17, 15) is 10.2 Å². The first-order valence-corrected chi connectivity index (χ1v) is 25.1. The molecule has 14 nitrogen and oxygen atoms in total. The number of fused-ring (bicyclic) bond motifs is 2. The van der Waals surface area contributed by atoms with Crippen LogP contribution >= 0.6 is 22.7 Å². The molecular weight excluding hydrogens is 897 g/mol. The van der Waals surface area contributed by atoms with E-state index in [2.05, 4.69) is 78.2 Å². The van der Waals surface area contributed by atoms with Crippen molar-refractivity contribution in [2.75, 3.05) is 59.0 Å². The number of β-amino-alcohol motifs (C(OH)–C–C–N with tert-alkyl or cyclic N) is 1. The highest BCUT2D eigenvalue weighted by atomic mass is 32.1. The molecule has 2 N–H and O–H groups in total. The summed E-state index contributed by atoms with van der Waals surface area (Å²) in [4.78, 5) is 18.7. The predicted octanol–water partition coefficient (Wildman–Crippen LogP) is 8.08. The van der Waals surface area contributed by atoms with E-state index in [1.165, 1.54) is 5.56 Å². The van der Waals surface area contributed by atoms with E-state index in [-0.39, 0.29) is 12.6 Å². The average molecular weight is 955 g/mol. The van der Waals surface area contributed by atoms with E-state index >= 15 is 0 Å². The van der Waals surface area contributed by atoms with Crippen LogP contribution in [-0.4, -0.2) is 139 Å². The van der Waals surface area contributed by atoms with Gasteiger partial charge in [-0.15, -0.1) is 22.7 Å². The van der Waals surface area contributed by atoms with Crippen molar-refractivity contribution in [3.8, 4) is 33.9 Å². The maximum absolute atomic E-state index is 12.6. The molecule has 2 fully saturated rings. The molecule has 2 saturated heterocycles. The number of aliphatic hydroxyl groups is 2. The van der Waals surface area contributed by atoms with Gasteiger partial charge < -0.3 is 28.7 Å². The molecule has 5 atom stereocenters. The molecule has 0 radical (unpaired) electrons. The molecule has 3 unspecified atom stereocenters. The lowest BCUT2D eigenvalue weighted by atomic mass is 9.96. The van der Waals surface area contributed by atoms with Crippen molar-refractivity contribution in [3.63, 3.8) is 0 Å². The van der Waals surface area contributed by atoms with Crippen LogP contribution in [0.1, 0.15) is 34.1 Å². The minimum Gasteiger partial charge on any atom is -0.491 e. The van der Waals surface area contributed by atoms with Gasteiger partial charge in [-0.2, -0.15) is 0 Å². The number of benzene rings is 4. The maximum Gasteiger partial charge on any atom is 0.167 e. The fourth-order valence-corrected chi connectivity index (χ4v) is 11.3. The Kier molecular flexibility index (Phi) is 14.0. The van der Waals surface area contributed by atoms with Gasteiger partial charge in [0, 0.05) is 101 Å². The largest absolute Gasteiger partial charge is 0.491 e. The summed E-state index contributed by atoms with van der Waals surface area (Å²) in [6.07, 6.45) is -2.83. The van der Waals surface area contributed by atoms with E-state index in [0.717, 1.165) is 97.2 Å². The van der Waals surface area contributed by atoms with Crippen LogP contribution in [0.3, 0.4) is 0 Å². The Labute approximate surface area is 404 Å². The quantitative estimate of drug-likeness (QED) is 0.0906. The molecule has 6 heterocycles.